The highest BCUT2D eigenvalue weighted by atomic mass is 16.1. The predicted octanol–water partition coefficient (Wildman–Crippen LogP) is 3.86. The minimum absolute atomic E-state index is 0.307. The molecule has 5 rings (SSSR count). The highest BCUT2D eigenvalue weighted by Gasteiger charge is 2.23. The van der Waals surface area contributed by atoms with Gasteiger partial charge in [-0.2, -0.15) is 0 Å². The first-order valence-electron chi connectivity index (χ1n) is 11.1. The van der Waals surface area contributed by atoms with E-state index in [4.69, 9.17) is 4.98 Å². The van der Waals surface area contributed by atoms with Gasteiger partial charge >= 0.3 is 0 Å². The molecule has 8 nitrogen and oxygen atoms in total. The summed E-state index contributed by atoms with van der Waals surface area (Å²) in [7, 11) is 3.95. The van der Waals surface area contributed by atoms with Gasteiger partial charge in [-0.3, -0.25) is 4.79 Å². The average Bonchev–Trinajstić information content (AvgIpc) is 2.85. The standard InChI is InChI=1S/C25H26N7O/c1-26-25-28-14-19(15-29-25)21-13-18-7-10-27-24(33)22(18)23(31-21)30-20-5-3-16(4-6-20)17-8-11-32(2)12-9-17/h3-7,10,13-15,17H,8-9,11-12H2,1-2H3,(H,30,31)(H,26,28,29). The predicted molar refractivity (Wildman–Crippen MR) is 130 cm³/mol. The van der Waals surface area contributed by atoms with Crippen LogP contribution in [0.1, 0.15) is 40.2 Å². The van der Waals surface area contributed by atoms with Gasteiger partial charge in [0.2, 0.25) is 5.95 Å². The molecule has 1 fully saturated rings. The Kier molecular flexibility index (Phi) is 5.75. The van der Waals surface area contributed by atoms with Crippen LogP contribution in [0.5, 0.6) is 0 Å². The monoisotopic (exact) mass is 440 g/mol. The topological polar surface area (TPSA) is 97.1 Å². The summed E-state index contributed by atoms with van der Waals surface area (Å²) in [5, 5.41) is 10.2. The number of likely N-dealkylation sites (tertiary alicyclic amines) is 1. The number of benzene rings is 1. The average molecular weight is 441 g/mol. The Morgan fingerprint density at radius 2 is 1.79 bits per heavy atom. The zero-order valence-electron chi connectivity index (χ0n) is 18.7. The van der Waals surface area contributed by atoms with E-state index in [1.807, 2.05) is 12.1 Å². The van der Waals surface area contributed by atoms with Crippen molar-refractivity contribution in [3.63, 3.8) is 0 Å². The molecule has 1 radical (unpaired) electrons. The first-order valence-corrected chi connectivity index (χ1v) is 11.1. The van der Waals surface area contributed by atoms with E-state index in [0.29, 0.717) is 28.9 Å². The number of pyridine rings is 1. The molecule has 0 unspecified atom stereocenters. The summed E-state index contributed by atoms with van der Waals surface area (Å²) in [6, 6.07) is 10.3. The molecule has 1 saturated heterocycles. The van der Waals surface area contributed by atoms with Crippen LogP contribution in [0.4, 0.5) is 17.5 Å². The molecule has 2 aromatic heterocycles. The number of carbonyl (C=O) groups excluding carboxylic acids is 1. The van der Waals surface area contributed by atoms with E-state index in [0.717, 1.165) is 29.9 Å². The lowest BCUT2D eigenvalue weighted by atomic mass is 9.89. The van der Waals surface area contributed by atoms with Crippen LogP contribution in [0.3, 0.4) is 0 Å². The molecule has 2 aliphatic heterocycles. The Hall–Kier alpha value is -3.78. The van der Waals surface area contributed by atoms with Crippen LogP contribution in [0.2, 0.25) is 0 Å². The summed E-state index contributed by atoms with van der Waals surface area (Å²) in [4.78, 5) is 28.3. The van der Waals surface area contributed by atoms with E-state index >= 15 is 0 Å². The van der Waals surface area contributed by atoms with Gasteiger partial charge in [0.25, 0.3) is 5.91 Å². The third-order valence-corrected chi connectivity index (χ3v) is 6.24. The number of piperidine rings is 1. The lowest BCUT2D eigenvalue weighted by Crippen LogP contribution is -2.29. The normalized spacial score (nSPS) is 16.2. The second-order valence-corrected chi connectivity index (χ2v) is 8.44. The van der Waals surface area contributed by atoms with E-state index in [1.54, 1.807) is 19.4 Å². The minimum atomic E-state index is -0.307. The zero-order valence-corrected chi connectivity index (χ0v) is 18.7. The van der Waals surface area contributed by atoms with E-state index in [1.165, 1.54) is 24.6 Å². The second-order valence-electron chi connectivity index (χ2n) is 8.44. The SMILES string of the molecule is CNc1ncc(-c2cc3c(c(Nc4ccc(C5CCN(C)CC5)cc4)n2)C(=O)[N]C=C3)cn1. The van der Waals surface area contributed by atoms with Crippen molar-refractivity contribution in [3.05, 3.63) is 65.6 Å². The van der Waals surface area contributed by atoms with Crippen molar-refractivity contribution in [2.45, 2.75) is 18.8 Å². The molecule has 4 heterocycles. The number of carbonyl (C=O) groups is 1. The number of anilines is 3. The molecule has 1 amide bonds. The van der Waals surface area contributed by atoms with E-state index in [2.05, 4.69) is 62.1 Å². The maximum absolute atomic E-state index is 12.6. The van der Waals surface area contributed by atoms with Crippen LogP contribution >= 0.6 is 0 Å². The molecular formula is C25H26N7O. The molecule has 3 aromatic rings. The number of fused-ring (bicyclic) bond motifs is 1. The quantitative estimate of drug-likeness (QED) is 0.622. The second kappa shape index (κ2) is 8.99. The Balaban J connectivity index is 1.45. The maximum Gasteiger partial charge on any atom is 0.281 e. The largest absolute Gasteiger partial charge is 0.357 e. The molecular weight excluding hydrogens is 414 g/mol. The summed E-state index contributed by atoms with van der Waals surface area (Å²) in [5.74, 6) is 1.30. The van der Waals surface area contributed by atoms with Gasteiger partial charge in [-0.1, -0.05) is 12.1 Å². The van der Waals surface area contributed by atoms with Gasteiger partial charge in [0, 0.05) is 36.9 Å². The highest BCUT2D eigenvalue weighted by molar-refractivity contribution is 6.05. The van der Waals surface area contributed by atoms with E-state index < -0.39 is 0 Å². The number of amides is 1. The molecule has 0 aliphatic carbocycles. The summed E-state index contributed by atoms with van der Waals surface area (Å²) >= 11 is 0. The zero-order chi connectivity index (χ0) is 22.8. The Bertz CT molecular complexity index is 1180. The van der Waals surface area contributed by atoms with Gasteiger partial charge in [-0.15, -0.1) is 0 Å². The van der Waals surface area contributed by atoms with Crippen molar-refractivity contribution in [1.29, 1.82) is 0 Å². The van der Waals surface area contributed by atoms with E-state index in [-0.39, 0.29) is 5.91 Å². The third kappa shape index (κ3) is 4.42. The van der Waals surface area contributed by atoms with Crippen LogP contribution in [0.15, 0.2) is 48.9 Å². The Morgan fingerprint density at radius 1 is 1.06 bits per heavy atom. The van der Waals surface area contributed by atoms with Gasteiger partial charge in [0.15, 0.2) is 0 Å². The highest BCUT2D eigenvalue weighted by Crippen LogP contribution is 2.32. The molecule has 0 atom stereocenters. The van der Waals surface area contributed by atoms with Crippen LogP contribution in [-0.4, -0.2) is 52.9 Å². The molecule has 2 aliphatic rings. The van der Waals surface area contributed by atoms with Crippen molar-refractivity contribution in [2.75, 3.05) is 37.8 Å². The fourth-order valence-electron chi connectivity index (χ4n) is 4.32. The van der Waals surface area contributed by atoms with Gasteiger partial charge in [0.1, 0.15) is 5.82 Å². The lowest BCUT2D eigenvalue weighted by molar-refractivity contribution is 0.0965. The number of hydrogen-bond donors (Lipinski definition) is 2. The van der Waals surface area contributed by atoms with Gasteiger partial charge in [-0.25, -0.2) is 20.3 Å². The maximum atomic E-state index is 12.6. The Morgan fingerprint density at radius 3 is 2.48 bits per heavy atom. The number of hydrogen-bond acceptors (Lipinski definition) is 7. The fraction of sp³-hybridized carbons (Fsp3) is 0.280. The van der Waals surface area contributed by atoms with Gasteiger partial charge in [0.05, 0.1) is 11.3 Å². The van der Waals surface area contributed by atoms with Crippen molar-refractivity contribution >= 4 is 29.4 Å². The van der Waals surface area contributed by atoms with Crippen LogP contribution in [-0.2, 0) is 0 Å². The fourth-order valence-corrected chi connectivity index (χ4v) is 4.32. The molecule has 167 valence electrons. The van der Waals surface area contributed by atoms with Gasteiger partial charge < -0.3 is 15.5 Å². The summed E-state index contributed by atoms with van der Waals surface area (Å²) in [6.07, 6.45) is 9.13. The van der Waals surface area contributed by atoms with Crippen molar-refractivity contribution < 1.29 is 4.79 Å². The smallest absolute Gasteiger partial charge is 0.281 e. The number of rotatable bonds is 5. The third-order valence-electron chi connectivity index (χ3n) is 6.24. The molecule has 0 bridgehead atoms. The van der Waals surface area contributed by atoms with Crippen LogP contribution in [0, 0.1) is 0 Å². The first-order chi connectivity index (χ1) is 16.1. The first kappa shape index (κ1) is 21.1. The molecule has 33 heavy (non-hydrogen) atoms. The van der Waals surface area contributed by atoms with Crippen molar-refractivity contribution in [1.82, 2.24) is 25.2 Å². The molecule has 0 spiro atoms. The summed E-state index contributed by atoms with van der Waals surface area (Å²) in [6.45, 7) is 2.26. The number of aromatic nitrogens is 3. The molecule has 2 N–H and O–H groups in total. The Labute approximate surface area is 193 Å². The van der Waals surface area contributed by atoms with Crippen molar-refractivity contribution in [3.8, 4) is 11.3 Å². The van der Waals surface area contributed by atoms with Crippen molar-refractivity contribution in [2.24, 2.45) is 0 Å². The molecule has 1 aromatic carbocycles. The van der Waals surface area contributed by atoms with Gasteiger partial charge in [-0.05, 0) is 74.3 Å². The lowest BCUT2D eigenvalue weighted by Gasteiger charge is -2.29. The number of nitrogens with one attached hydrogen (secondary N) is 2. The molecule has 0 saturated carbocycles. The van der Waals surface area contributed by atoms with E-state index in [9.17, 15) is 4.79 Å². The summed E-state index contributed by atoms with van der Waals surface area (Å²) < 4.78 is 0. The number of nitrogens with zero attached hydrogens (tertiary/aromatic N) is 5. The summed E-state index contributed by atoms with van der Waals surface area (Å²) in [5.41, 5.74) is 4.91. The van der Waals surface area contributed by atoms with Crippen LogP contribution < -0.4 is 16.0 Å². The van der Waals surface area contributed by atoms with Crippen LogP contribution in [0.25, 0.3) is 17.3 Å². The minimum Gasteiger partial charge on any atom is -0.357 e. The molecule has 8 heteroatoms.